The number of benzene rings is 2. The first-order chi connectivity index (χ1) is 12.2. The van der Waals surface area contributed by atoms with Gasteiger partial charge in [0.25, 0.3) is 0 Å². The minimum absolute atomic E-state index is 0. The Morgan fingerprint density at radius 2 is 1.57 bits per heavy atom. The van der Waals surface area contributed by atoms with Crippen LogP contribution in [0.2, 0.25) is 0 Å². The van der Waals surface area contributed by atoms with E-state index < -0.39 is 0 Å². The predicted molar refractivity (Wildman–Crippen MR) is 112 cm³/mol. The van der Waals surface area contributed by atoms with Gasteiger partial charge in [0, 0.05) is 5.12 Å². The Labute approximate surface area is 199 Å². The van der Waals surface area contributed by atoms with Gasteiger partial charge in [-0.3, -0.25) is 6.08 Å². The fraction of sp³-hybridized carbons (Fsp3) is 0.125. The van der Waals surface area contributed by atoms with Gasteiger partial charge in [-0.25, -0.2) is 11.1 Å². The summed E-state index contributed by atoms with van der Waals surface area (Å²) in [7, 11) is -0.283. The Morgan fingerprint density at radius 3 is 2.18 bits per heavy atom. The van der Waals surface area contributed by atoms with Crippen LogP contribution in [-0.2, 0) is 25.8 Å². The van der Waals surface area contributed by atoms with Gasteiger partial charge in [0.15, 0.2) is 0 Å². The molecule has 5 rings (SSSR count). The molecule has 0 amide bonds. The molecular formula is C24H21Cl2HfP. The summed E-state index contributed by atoms with van der Waals surface area (Å²) in [6.07, 6.45) is 6.41. The number of hydrogen-bond acceptors (Lipinski definition) is 0. The molecule has 140 valence electrons. The molecule has 0 aliphatic heterocycles. The SMILES string of the molecule is CC1=[C-]CC=C1C.[Cl-].[Cl-].[Hf+4].c1ccc2[cH-]c(-p3ccc4ccccc43)cc2c1. The number of halogens is 2. The van der Waals surface area contributed by atoms with Crippen LogP contribution in [0.25, 0.3) is 26.6 Å². The molecule has 0 fully saturated rings. The van der Waals surface area contributed by atoms with E-state index in [9.17, 15) is 0 Å². The zero-order chi connectivity index (χ0) is 17.2. The van der Waals surface area contributed by atoms with Crippen LogP contribution in [0.1, 0.15) is 20.3 Å². The molecule has 1 aliphatic rings. The second kappa shape index (κ2) is 11.3. The number of hydrogen-bond donors (Lipinski definition) is 0. The van der Waals surface area contributed by atoms with Crippen molar-refractivity contribution in [2.45, 2.75) is 20.3 Å². The van der Waals surface area contributed by atoms with Gasteiger partial charge in [0.1, 0.15) is 0 Å². The molecule has 0 saturated heterocycles. The Balaban J connectivity index is 0.000000341. The van der Waals surface area contributed by atoms with E-state index in [0.29, 0.717) is 0 Å². The summed E-state index contributed by atoms with van der Waals surface area (Å²) < 4.78 is 0. The van der Waals surface area contributed by atoms with Crippen molar-refractivity contribution < 1.29 is 50.7 Å². The van der Waals surface area contributed by atoms with E-state index in [1.807, 2.05) is 0 Å². The van der Waals surface area contributed by atoms with Gasteiger partial charge in [-0.05, 0) is 17.3 Å². The summed E-state index contributed by atoms with van der Waals surface area (Å²) in [6, 6.07) is 24.3. The minimum Gasteiger partial charge on any atom is -1.00 e. The average Bonchev–Trinajstić information content (AvgIpc) is 3.34. The van der Waals surface area contributed by atoms with Crippen molar-refractivity contribution in [3.63, 3.8) is 0 Å². The van der Waals surface area contributed by atoms with Crippen molar-refractivity contribution in [1.29, 1.82) is 0 Å². The monoisotopic (exact) mass is 590 g/mol. The van der Waals surface area contributed by atoms with E-state index in [1.54, 1.807) is 0 Å². The summed E-state index contributed by atoms with van der Waals surface area (Å²) in [4.78, 5) is 0. The maximum absolute atomic E-state index is 3.19. The van der Waals surface area contributed by atoms with E-state index in [1.165, 1.54) is 37.7 Å². The molecule has 0 nitrogen and oxygen atoms in total. The average molecular weight is 590 g/mol. The van der Waals surface area contributed by atoms with Gasteiger partial charge >= 0.3 is 25.8 Å². The van der Waals surface area contributed by atoms with Crippen LogP contribution in [0.5, 0.6) is 0 Å². The standard InChI is InChI=1S/C17H12P.C7H9.2ClH.Hf/c1-2-7-15-12-16(11-14(15)6-1)18-10-9-13-5-3-4-8-17(13)18;1-6-4-3-5-7(6)2;;;/h1-12H;4H,3H2,1-2H3;2*1H;/q2*-1;;;+4/p-2. The van der Waals surface area contributed by atoms with E-state index in [0.717, 1.165) is 6.42 Å². The van der Waals surface area contributed by atoms with Crippen LogP contribution in [0.15, 0.2) is 89.8 Å². The van der Waals surface area contributed by atoms with E-state index in [-0.39, 0.29) is 58.2 Å². The van der Waals surface area contributed by atoms with Crippen LogP contribution < -0.4 is 24.8 Å². The first-order valence-corrected chi connectivity index (χ1v) is 10.1. The molecule has 1 atom stereocenters. The van der Waals surface area contributed by atoms with Gasteiger partial charge in [0.2, 0.25) is 0 Å². The van der Waals surface area contributed by atoms with Crippen LogP contribution >= 0.6 is 7.53 Å². The first-order valence-electron chi connectivity index (χ1n) is 8.69. The van der Waals surface area contributed by atoms with Gasteiger partial charge < -0.3 is 24.8 Å². The van der Waals surface area contributed by atoms with E-state index in [2.05, 4.69) is 98.5 Å². The summed E-state index contributed by atoms with van der Waals surface area (Å²) in [6.45, 7) is 4.22. The molecule has 0 saturated carbocycles. The summed E-state index contributed by atoms with van der Waals surface area (Å²) in [5, 5.41) is 7.05. The largest absolute Gasteiger partial charge is 4.00 e. The topological polar surface area (TPSA) is 0 Å². The summed E-state index contributed by atoms with van der Waals surface area (Å²) >= 11 is 0. The molecule has 1 heterocycles. The van der Waals surface area contributed by atoms with Crippen molar-refractivity contribution in [2.24, 2.45) is 0 Å². The fourth-order valence-electron chi connectivity index (χ4n) is 3.23. The Hall–Kier alpha value is -0.980. The number of allylic oxidation sites excluding steroid dienone is 4. The van der Waals surface area contributed by atoms with Crippen molar-refractivity contribution in [3.8, 4) is 5.30 Å². The minimum atomic E-state index is -0.283. The second-order valence-corrected chi connectivity index (χ2v) is 8.52. The van der Waals surface area contributed by atoms with Gasteiger partial charge in [-0.2, -0.15) is 12.1 Å². The van der Waals surface area contributed by atoms with E-state index in [4.69, 9.17) is 0 Å². The van der Waals surface area contributed by atoms with E-state index >= 15 is 0 Å². The molecule has 4 aromatic rings. The van der Waals surface area contributed by atoms with Gasteiger partial charge in [0.05, 0.1) is 0 Å². The smallest absolute Gasteiger partial charge is 1.00 e. The Morgan fingerprint density at radius 1 is 0.893 bits per heavy atom. The maximum Gasteiger partial charge on any atom is 4.00 e. The van der Waals surface area contributed by atoms with Crippen molar-refractivity contribution >= 4 is 28.8 Å². The molecule has 0 N–H and O–H groups in total. The Kier molecular flexibility index (Phi) is 10.1. The second-order valence-electron chi connectivity index (χ2n) is 6.48. The van der Waals surface area contributed by atoms with Crippen molar-refractivity contribution in [2.75, 3.05) is 0 Å². The molecular weight excluding hydrogens is 569 g/mol. The molecule has 1 aromatic heterocycles. The third kappa shape index (κ3) is 5.33. The summed E-state index contributed by atoms with van der Waals surface area (Å²) in [5.74, 6) is 2.37. The first kappa shape index (κ1) is 25.1. The zero-order valence-corrected chi connectivity index (χ0v) is 21.9. The molecule has 0 radical (unpaired) electrons. The van der Waals surface area contributed by atoms with Crippen molar-refractivity contribution in [3.05, 3.63) is 95.8 Å². The quantitative estimate of drug-likeness (QED) is 0.235. The Bertz CT molecular complexity index is 1050. The van der Waals surface area contributed by atoms with Crippen LogP contribution in [-0.4, -0.2) is 0 Å². The van der Waals surface area contributed by atoms with Gasteiger partial charge in [-0.15, -0.1) is 55.9 Å². The zero-order valence-electron chi connectivity index (χ0n) is 15.9. The predicted octanol–water partition coefficient (Wildman–Crippen LogP) is 1.78. The molecule has 1 aliphatic carbocycles. The molecule has 0 bridgehead atoms. The maximum atomic E-state index is 3.19. The molecule has 0 spiro atoms. The van der Waals surface area contributed by atoms with Crippen molar-refractivity contribution in [1.82, 2.24) is 0 Å². The third-order valence-corrected chi connectivity index (χ3v) is 7.04. The molecule has 1 unspecified atom stereocenters. The molecule has 4 heteroatoms. The van der Waals surface area contributed by atoms with Crippen LogP contribution in [0.4, 0.5) is 0 Å². The summed E-state index contributed by atoms with van der Waals surface area (Å²) in [5.41, 5.74) is 2.71. The fourth-order valence-corrected chi connectivity index (χ4v) is 5.38. The number of rotatable bonds is 1. The van der Waals surface area contributed by atoms with Crippen LogP contribution in [0, 0.1) is 6.08 Å². The van der Waals surface area contributed by atoms with Crippen LogP contribution in [0.3, 0.4) is 0 Å². The van der Waals surface area contributed by atoms with Gasteiger partial charge in [-0.1, -0.05) is 42.6 Å². The normalized spacial score (nSPS) is 12.7. The molecule has 28 heavy (non-hydrogen) atoms. The molecule has 3 aromatic carbocycles. The number of fused-ring (bicyclic) bond motifs is 2. The third-order valence-electron chi connectivity index (χ3n) is 4.85.